The predicted octanol–water partition coefficient (Wildman–Crippen LogP) is 2.73. The van der Waals surface area contributed by atoms with Crippen molar-refractivity contribution in [3.8, 4) is 0 Å². The van der Waals surface area contributed by atoms with Crippen molar-refractivity contribution in [1.82, 2.24) is 19.2 Å². The smallest absolute Gasteiger partial charge is 0.258 e. The van der Waals surface area contributed by atoms with Crippen LogP contribution in [0.1, 0.15) is 23.7 Å². The molecule has 3 aromatic rings. The molecule has 4 rings (SSSR count). The molecule has 1 saturated heterocycles. The molecule has 0 bridgehead atoms. The zero-order valence-electron chi connectivity index (χ0n) is 17.8. The van der Waals surface area contributed by atoms with Gasteiger partial charge in [0.15, 0.2) is 0 Å². The number of aromatic nitrogens is 2. The van der Waals surface area contributed by atoms with Crippen LogP contribution in [-0.4, -0.2) is 58.1 Å². The van der Waals surface area contributed by atoms with E-state index in [0.717, 1.165) is 56.3 Å². The second-order valence-electron chi connectivity index (χ2n) is 8.12. The molecule has 0 spiro atoms. The number of ether oxygens (including phenoxy) is 1. The molecule has 2 aromatic heterocycles. The summed E-state index contributed by atoms with van der Waals surface area (Å²) < 4.78 is 7.12. The van der Waals surface area contributed by atoms with E-state index in [1.54, 1.807) is 16.7 Å². The highest BCUT2D eigenvalue weighted by Gasteiger charge is 2.20. The Kier molecular flexibility index (Phi) is 6.57. The van der Waals surface area contributed by atoms with Crippen molar-refractivity contribution >= 4 is 5.65 Å². The molecule has 3 heterocycles. The second kappa shape index (κ2) is 9.51. The third-order valence-electron chi connectivity index (χ3n) is 5.78. The van der Waals surface area contributed by atoms with Gasteiger partial charge in [0.25, 0.3) is 5.56 Å². The van der Waals surface area contributed by atoms with E-state index in [9.17, 15) is 4.79 Å². The highest BCUT2D eigenvalue weighted by atomic mass is 16.5. The third-order valence-corrected chi connectivity index (χ3v) is 5.78. The van der Waals surface area contributed by atoms with Crippen molar-refractivity contribution in [2.24, 2.45) is 0 Å². The minimum Gasteiger partial charge on any atom is -0.379 e. The molecule has 158 valence electrons. The van der Waals surface area contributed by atoms with Crippen molar-refractivity contribution < 1.29 is 4.74 Å². The number of hydrogen-bond donors (Lipinski definition) is 0. The zero-order valence-corrected chi connectivity index (χ0v) is 17.8. The number of nitrogens with zero attached hydrogens (tertiary/aromatic N) is 4. The molecule has 0 amide bonds. The van der Waals surface area contributed by atoms with Gasteiger partial charge in [-0.2, -0.15) is 0 Å². The quantitative estimate of drug-likeness (QED) is 0.604. The van der Waals surface area contributed by atoms with Crippen LogP contribution in [0.5, 0.6) is 0 Å². The molecule has 30 heavy (non-hydrogen) atoms. The summed E-state index contributed by atoms with van der Waals surface area (Å²) >= 11 is 0. The van der Waals surface area contributed by atoms with Crippen LogP contribution in [0.2, 0.25) is 0 Å². The zero-order chi connectivity index (χ0) is 20.9. The van der Waals surface area contributed by atoms with Crippen molar-refractivity contribution in [3.63, 3.8) is 0 Å². The van der Waals surface area contributed by atoms with E-state index in [-0.39, 0.29) is 5.56 Å². The highest BCUT2D eigenvalue weighted by Crippen LogP contribution is 2.15. The standard InChI is InChI=1S/C24H30N4O2/c1-19-7-6-10-28-23(29)15-22(25-24(19)28)18-27(17-21-8-4-3-5-9-21)20(2)16-26-11-13-30-14-12-26/h3-10,15,20H,11-14,16-18H2,1-2H3. The summed E-state index contributed by atoms with van der Waals surface area (Å²) in [5.41, 5.74) is 3.80. The Morgan fingerprint density at radius 1 is 1.10 bits per heavy atom. The Balaban J connectivity index is 1.59. The van der Waals surface area contributed by atoms with Crippen LogP contribution in [0.25, 0.3) is 5.65 Å². The molecule has 6 nitrogen and oxygen atoms in total. The Morgan fingerprint density at radius 3 is 2.63 bits per heavy atom. The van der Waals surface area contributed by atoms with E-state index < -0.39 is 0 Å². The van der Waals surface area contributed by atoms with Crippen LogP contribution < -0.4 is 5.56 Å². The van der Waals surface area contributed by atoms with Gasteiger partial charge in [0.2, 0.25) is 0 Å². The first kappa shape index (κ1) is 20.7. The number of rotatable bonds is 7. The molecule has 0 radical (unpaired) electrons. The van der Waals surface area contributed by atoms with E-state index in [0.29, 0.717) is 12.6 Å². The fourth-order valence-corrected chi connectivity index (χ4v) is 4.06. The van der Waals surface area contributed by atoms with Gasteiger partial charge >= 0.3 is 0 Å². The fraction of sp³-hybridized carbons (Fsp3) is 0.417. The number of fused-ring (bicyclic) bond motifs is 1. The molecule has 0 N–H and O–H groups in total. The summed E-state index contributed by atoms with van der Waals surface area (Å²) in [5, 5.41) is 0. The van der Waals surface area contributed by atoms with Gasteiger partial charge in [-0.15, -0.1) is 0 Å². The van der Waals surface area contributed by atoms with Crippen molar-refractivity contribution in [2.45, 2.75) is 33.0 Å². The summed E-state index contributed by atoms with van der Waals surface area (Å²) in [7, 11) is 0. The summed E-state index contributed by atoms with van der Waals surface area (Å²) in [4.78, 5) is 22.4. The van der Waals surface area contributed by atoms with E-state index in [1.165, 1.54) is 5.56 Å². The summed E-state index contributed by atoms with van der Waals surface area (Å²) in [5.74, 6) is 0. The Hall–Kier alpha value is -2.54. The molecule has 1 fully saturated rings. The normalized spacial score (nSPS) is 16.2. The summed E-state index contributed by atoms with van der Waals surface area (Å²) in [6.45, 7) is 10.2. The fourth-order valence-electron chi connectivity index (χ4n) is 4.06. The molecule has 0 saturated carbocycles. The molecule has 1 unspecified atom stereocenters. The van der Waals surface area contributed by atoms with Crippen LogP contribution in [-0.2, 0) is 17.8 Å². The average molecular weight is 407 g/mol. The monoisotopic (exact) mass is 406 g/mol. The Morgan fingerprint density at radius 2 is 1.87 bits per heavy atom. The van der Waals surface area contributed by atoms with Gasteiger partial charge in [-0.1, -0.05) is 36.4 Å². The first-order valence-corrected chi connectivity index (χ1v) is 10.7. The van der Waals surface area contributed by atoms with Gasteiger partial charge in [0.1, 0.15) is 5.65 Å². The van der Waals surface area contributed by atoms with E-state index in [4.69, 9.17) is 9.72 Å². The largest absolute Gasteiger partial charge is 0.379 e. The second-order valence-corrected chi connectivity index (χ2v) is 8.12. The molecular formula is C24H30N4O2. The molecule has 1 aromatic carbocycles. The van der Waals surface area contributed by atoms with Crippen molar-refractivity contribution in [2.75, 3.05) is 32.8 Å². The minimum atomic E-state index is -0.0285. The topological polar surface area (TPSA) is 50.1 Å². The maximum atomic E-state index is 12.7. The summed E-state index contributed by atoms with van der Waals surface area (Å²) in [6, 6.07) is 16.4. The van der Waals surface area contributed by atoms with Gasteiger partial charge < -0.3 is 4.74 Å². The first-order chi connectivity index (χ1) is 14.6. The number of benzene rings is 1. The number of aryl methyl sites for hydroxylation is 1. The Labute approximate surface area is 177 Å². The van der Waals surface area contributed by atoms with E-state index in [2.05, 4.69) is 41.0 Å². The highest BCUT2D eigenvalue weighted by molar-refractivity contribution is 5.46. The minimum absolute atomic E-state index is 0.0285. The molecular weight excluding hydrogens is 376 g/mol. The average Bonchev–Trinajstić information content (AvgIpc) is 2.75. The lowest BCUT2D eigenvalue weighted by Gasteiger charge is -2.35. The van der Waals surface area contributed by atoms with Crippen LogP contribution in [0, 0.1) is 6.92 Å². The SMILES string of the molecule is Cc1cccn2c(=O)cc(CN(Cc3ccccc3)C(C)CN3CCOCC3)nc12. The lowest BCUT2D eigenvalue weighted by molar-refractivity contribution is 0.0224. The first-order valence-electron chi connectivity index (χ1n) is 10.7. The van der Waals surface area contributed by atoms with Gasteiger partial charge in [0.05, 0.1) is 18.9 Å². The lowest BCUT2D eigenvalue weighted by atomic mass is 10.1. The van der Waals surface area contributed by atoms with Gasteiger partial charge in [-0.3, -0.25) is 19.0 Å². The summed E-state index contributed by atoms with van der Waals surface area (Å²) in [6.07, 6.45) is 1.78. The molecule has 6 heteroatoms. The van der Waals surface area contributed by atoms with Crippen molar-refractivity contribution in [1.29, 1.82) is 0 Å². The van der Waals surface area contributed by atoms with Crippen LogP contribution in [0.4, 0.5) is 0 Å². The van der Waals surface area contributed by atoms with Gasteiger partial charge in [-0.05, 0) is 31.0 Å². The molecule has 1 aliphatic rings. The number of morpholine rings is 1. The van der Waals surface area contributed by atoms with Crippen LogP contribution >= 0.6 is 0 Å². The molecule has 1 atom stereocenters. The Bertz CT molecular complexity index is 1030. The number of pyridine rings is 1. The van der Waals surface area contributed by atoms with Crippen LogP contribution in [0.3, 0.4) is 0 Å². The molecule has 1 aliphatic heterocycles. The van der Waals surface area contributed by atoms with Gasteiger partial charge in [0, 0.05) is 51.0 Å². The van der Waals surface area contributed by atoms with E-state index >= 15 is 0 Å². The lowest BCUT2D eigenvalue weighted by Crippen LogP contribution is -2.45. The van der Waals surface area contributed by atoms with Crippen molar-refractivity contribution in [3.05, 3.63) is 81.9 Å². The van der Waals surface area contributed by atoms with E-state index in [1.807, 2.05) is 25.1 Å². The number of hydrogen-bond acceptors (Lipinski definition) is 5. The maximum Gasteiger partial charge on any atom is 0.258 e. The third kappa shape index (κ3) is 4.95. The maximum absolute atomic E-state index is 12.7. The van der Waals surface area contributed by atoms with Gasteiger partial charge in [-0.25, -0.2) is 4.98 Å². The van der Waals surface area contributed by atoms with Crippen LogP contribution in [0.15, 0.2) is 59.5 Å². The molecule has 0 aliphatic carbocycles. The predicted molar refractivity (Wildman–Crippen MR) is 119 cm³/mol.